The number of carbonyl (C=O) groups is 2. The number of nitrogens with zero attached hydrogens (tertiary/aromatic N) is 2. The number of piperazine rings is 1. The van der Waals surface area contributed by atoms with E-state index in [1.54, 1.807) is 46.2 Å². The van der Waals surface area contributed by atoms with Crippen molar-refractivity contribution in [3.05, 3.63) is 57.6 Å². The highest BCUT2D eigenvalue weighted by Crippen LogP contribution is 2.36. The van der Waals surface area contributed by atoms with Gasteiger partial charge in [0.25, 0.3) is 11.8 Å². The summed E-state index contributed by atoms with van der Waals surface area (Å²) in [4.78, 5) is 29.0. The second-order valence-corrected chi connectivity index (χ2v) is 7.36. The molecule has 3 rings (SSSR count). The molecule has 0 unspecified atom stereocenters. The maximum absolute atomic E-state index is 12.9. The number of amides is 2. The zero-order valence-electron chi connectivity index (χ0n) is 16.3. The van der Waals surface area contributed by atoms with Crippen LogP contribution in [0.5, 0.6) is 11.5 Å². The van der Waals surface area contributed by atoms with E-state index in [1.807, 2.05) is 6.92 Å². The molecule has 0 saturated carbocycles. The zero-order chi connectivity index (χ0) is 21.0. The van der Waals surface area contributed by atoms with Crippen LogP contribution < -0.4 is 9.47 Å². The van der Waals surface area contributed by atoms with Crippen molar-refractivity contribution in [2.45, 2.75) is 6.92 Å². The first-order valence-corrected chi connectivity index (χ1v) is 10.0. The third-order valence-electron chi connectivity index (χ3n) is 4.71. The summed E-state index contributed by atoms with van der Waals surface area (Å²) >= 11 is 12.2. The summed E-state index contributed by atoms with van der Waals surface area (Å²) in [6, 6.07) is 10.0. The predicted molar refractivity (Wildman–Crippen MR) is 112 cm³/mol. The summed E-state index contributed by atoms with van der Waals surface area (Å²) in [5.41, 5.74) is 1.00. The third kappa shape index (κ3) is 4.77. The van der Waals surface area contributed by atoms with E-state index in [-0.39, 0.29) is 11.8 Å². The molecule has 0 bridgehead atoms. The Labute approximate surface area is 179 Å². The van der Waals surface area contributed by atoms with E-state index in [9.17, 15) is 9.59 Å². The number of rotatable bonds is 5. The number of benzene rings is 2. The second-order valence-electron chi connectivity index (χ2n) is 6.51. The normalized spacial score (nSPS) is 13.9. The van der Waals surface area contributed by atoms with Crippen molar-refractivity contribution in [3.63, 3.8) is 0 Å². The Kier molecular flexibility index (Phi) is 6.87. The predicted octanol–water partition coefficient (Wildman–Crippen LogP) is 4.00. The van der Waals surface area contributed by atoms with Crippen LogP contribution in [0.25, 0.3) is 0 Å². The lowest BCUT2D eigenvalue weighted by Gasteiger charge is -2.35. The first-order chi connectivity index (χ1) is 13.9. The lowest BCUT2D eigenvalue weighted by atomic mass is 10.1. The molecule has 0 aliphatic carbocycles. The van der Waals surface area contributed by atoms with Crippen LogP contribution in [0.15, 0.2) is 36.4 Å². The second kappa shape index (κ2) is 9.37. The highest BCUT2D eigenvalue weighted by atomic mass is 35.5. The molecule has 1 heterocycles. The smallest absolute Gasteiger partial charge is 0.254 e. The summed E-state index contributed by atoms with van der Waals surface area (Å²) < 4.78 is 10.8. The van der Waals surface area contributed by atoms with Gasteiger partial charge in [-0.05, 0) is 43.3 Å². The first kappa shape index (κ1) is 21.3. The van der Waals surface area contributed by atoms with Gasteiger partial charge in [-0.25, -0.2) is 0 Å². The van der Waals surface area contributed by atoms with Crippen molar-refractivity contribution in [2.75, 3.05) is 39.9 Å². The number of halogens is 2. The number of ether oxygens (including phenoxy) is 2. The topological polar surface area (TPSA) is 59.1 Å². The van der Waals surface area contributed by atoms with E-state index in [2.05, 4.69) is 0 Å². The molecule has 1 aliphatic rings. The quantitative estimate of drug-likeness (QED) is 0.710. The molecule has 1 saturated heterocycles. The van der Waals surface area contributed by atoms with E-state index in [4.69, 9.17) is 32.7 Å². The van der Waals surface area contributed by atoms with Crippen molar-refractivity contribution in [1.29, 1.82) is 0 Å². The highest BCUT2D eigenvalue weighted by molar-refractivity contribution is 6.32. The van der Waals surface area contributed by atoms with Crippen LogP contribution in [0.1, 0.15) is 27.6 Å². The molecule has 154 valence electrons. The summed E-state index contributed by atoms with van der Waals surface area (Å²) in [6.45, 7) is 4.06. The van der Waals surface area contributed by atoms with Gasteiger partial charge in [0.05, 0.1) is 18.7 Å². The van der Waals surface area contributed by atoms with Gasteiger partial charge < -0.3 is 19.3 Å². The van der Waals surface area contributed by atoms with E-state index in [0.29, 0.717) is 65.5 Å². The average molecular weight is 437 g/mol. The standard InChI is InChI=1S/C21H22Cl2N2O4/c1-3-29-19-17(23)12-15(13-18(19)28-2)21(27)25-10-8-24(9-11-25)20(26)14-4-6-16(22)7-5-14/h4-7,12-13H,3,8-11H2,1-2H3. The Bertz CT molecular complexity index is 894. The molecule has 2 aromatic carbocycles. The SMILES string of the molecule is CCOc1c(Cl)cc(C(=O)N2CCN(C(=O)c3ccc(Cl)cc3)CC2)cc1OC. The monoisotopic (exact) mass is 436 g/mol. The van der Waals surface area contributed by atoms with Crippen LogP contribution >= 0.6 is 23.2 Å². The van der Waals surface area contributed by atoms with Crippen molar-refractivity contribution in [2.24, 2.45) is 0 Å². The Morgan fingerprint density at radius 3 is 2.00 bits per heavy atom. The van der Waals surface area contributed by atoms with Gasteiger partial charge in [-0.15, -0.1) is 0 Å². The van der Waals surface area contributed by atoms with Crippen LogP contribution in [-0.2, 0) is 0 Å². The summed E-state index contributed by atoms with van der Waals surface area (Å²) in [5.74, 6) is 0.609. The molecular weight excluding hydrogens is 415 g/mol. The molecule has 29 heavy (non-hydrogen) atoms. The van der Waals surface area contributed by atoms with Gasteiger partial charge in [-0.2, -0.15) is 0 Å². The van der Waals surface area contributed by atoms with Gasteiger partial charge in [0.15, 0.2) is 11.5 Å². The molecule has 1 fully saturated rings. The molecule has 0 aromatic heterocycles. The van der Waals surface area contributed by atoms with Gasteiger partial charge in [0.2, 0.25) is 0 Å². The average Bonchev–Trinajstić information content (AvgIpc) is 2.74. The van der Waals surface area contributed by atoms with E-state index < -0.39 is 0 Å². The number of hydrogen-bond acceptors (Lipinski definition) is 4. The van der Waals surface area contributed by atoms with E-state index >= 15 is 0 Å². The van der Waals surface area contributed by atoms with Crippen LogP contribution in [-0.4, -0.2) is 61.5 Å². The van der Waals surface area contributed by atoms with Crippen molar-refractivity contribution >= 4 is 35.0 Å². The van der Waals surface area contributed by atoms with E-state index in [1.165, 1.54) is 7.11 Å². The van der Waals surface area contributed by atoms with Gasteiger partial charge in [0, 0.05) is 42.3 Å². The Hall–Kier alpha value is -2.44. The Morgan fingerprint density at radius 1 is 0.931 bits per heavy atom. The largest absolute Gasteiger partial charge is 0.493 e. The molecule has 0 spiro atoms. The Morgan fingerprint density at radius 2 is 1.48 bits per heavy atom. The number of methoxy groups -OCH3 is 1. The molecule has 0 atom stereocenters. The lowest BCUT2D eigenvalue weighted by molar-refractivity contribution is 0.0535. The fraction of sp³-hybridized carbons (Fsp3) is 0.333. The van der Waals surface area contributed by atoms with Crippen molar-refractivity contribution < 1.29 is 19.1 Å². The highest BCUT2D eigenvalue weighted by Gasteiger charge is 2.26. The van der Waals surface area contributed by atoms with Crippen LogP contribution in [0.4, 0.5) is 0 Å². The van der Waals surface area contributed by atoms with Crippen molar-refractivity contribution in [1.82, 2.24) is 9.80 Å². The van der Waals surface area contributed by atoms with Crippen LogP contribution in [0.3, 0.4) is 0 Å². The van der Waals surface area contributed by atoms with Gasteiger partial charge in [0.1, 0.15) is 0 Å². The zero-order valence-corrected chi connectivity index (χ0v) is 17.8. The Balaban J connectivity index is 1.68. The maximum Gasteiger partial charge on any atom is 0.254 e. The van der Waals surface area contributed by atoms with Gasteiger partial charge in [-0.1, -0.05) is 23.2 Å². The molecule has 6 nitrogen and oxygen atoms in total. The number of carbonyl (C=O) groups excluding carboxylic acids is 2. The summed E-state index contributed by atoms with van der Waals surface area (Å²) in [6.07, 6.45) is 0. The van der Waals surface area contributed by atoms with Crippen LogP contribution in [0, 0.1) is 0 Å². The lowest BCUT2D eigenvalue weighted by Crippen LogP contribution is -2.50. The minimum absolute atomic E-state index is 0.0699. The van der Waals surface area contributed by atoms with Gasteiger partial charge >= 0.3 is 0 Å². The molecular formula is C21H22Cl2N2O4. The molecule has 1 aliphatic heterocycles. The fourth-order valence-corrected chi connectivity index (χ4v) is 3.59. The molecule has 2 aromatic rings. The summed E-state index contributed by atoms with van der Waals surface area (Å²) in [5, 5.41) is 0.910. The third-order valence-corrected chi connectivity index (χ3v) is 5.24. The van der Waals surface area contributed by atoms with E-state index in [0.717, 1.165) is 0 Å². The molecule has 2 amide bonds. The van der Waals surface area contributed by atoms with Gasteiger partial charge in [-0.3, -0.25) is 9.59 Å². The maximum atomic E-state index is 12.9. The minimum Gasteiger partial charge on any atom is -0.493 e. The fourth-order valence-electron chi connectivity index (χ4n) is 3.20. The van der Waals surface area contributed by atoms with Crippen LogP contribution in [0.2, 0.25) is 10.0 Å². The minimum atomic E-state index is -0.160. The number of hydrogen-bond donors (Lipinski definition) is 0. The molecule has 0 radical (unpaired) electrons. The van der Waals surface area contributed by atoms with Crippen molar-refractivity contribution in [3.8, 4) is 11.5 Å². The molecule has 0 N–H and O–H groups in total. The first-order valence-electron chi connectivity index (χ1n) is 9.29. The molecule has 8 heteroatoms. The summed E-state index contributed by atoms with van der Waals surface area (Å²) in [7, 11) is 1.50.